The van der Waals surface area contributed by atoms with E-state index in [-0.39, 0.29) is 12.2 Å². The van der Waals surface area contributed by atoms with Crippen LogP contribution >= 0.6 is 11.6 Å². The molecule has 3 aromatic rings. The molecule has 0 atom stereocenters. The van der Waals surface area contributed by atoms with E-state index in [1.165, 1.54) is 12.3 Å². The molecule has 6 heteroatoms. The largest absolute Gasteiger partial charge is 0.487 e. The van der Waals surface area contributed by atoms with Crippen molar-refractivity contribution in [1.82, 2.24) is 9.97 Å². The molecular formula is C15H11ClN2O3. The first-order valence-corrected chi connectivity index (χ1v) is 6.63. The first-order valence-electron chi connectivity index (χ1n) is 6.25. The van der Waals surface area contributed by atoms with Gasteiger partial charge in [0.05, 0.1) is 18.1 Å². The van der Waals surface area contributed by atoms with Crippen LogP contribution in [0.15, 0.2) is 45.9 Å². The van der Waals surface area contributed by atoms with E-state index < -0.39 is 0 Å². The summed E-state index contributed by atoms with van der Waals surface area (Å²) >= 11 is 5.67. The Morgan fingerprint density at radius 3 is 2.86 bits per heavy atom. The molecule has 0 spiro atoms. The first-order chi connectivity index (χ1) is 10.1. The lowest BCUT2D eigenvalue weighted by molar-refractivity contribution is 0.300. The van der Waals surface area contributed by atoms with Crippen molar-refractivity contribution in [3.63, 3.8) is 0 Å². The molecule has 2 heterocycles. The summed E-state index contributed by atoms with van der Waals surface area (Å²) < 4.78 is 10.8. The minimum atomic E-state index is -0.374. The molecule has 0 aliphatic rings. The van der Waals surface area contributed by atoms with Gasteiger partial charge in [0.1, 0.15) is 23.1 Å². The molecule has 0 aliphatic heterocycles. The fourth-order valence-corrected chi connectivity index (χ4v) is 2.06. The van der Waals surface area contributed by atoms with Gasteiger partial charge in [-0.1, -0.05) is 11.6 Å². The van der Waals surface area contributed by atoms with Gasteiger partial charge in [-0.25, -0.2) is 9.78 Å². The van der Waals surface area contributed by atoms with Crippen molar-refractivity contribution >= 4 is 22.6 Å². The minimum Gasteiger partial charge on any atom is -0.487 e. The molecule has 0 saturated heterocycles. The smallest absolute Gasteiger partial charge is 0.336 e. The lowest BCUT2D eigenvalue weighted by Gasteiger charge is -2.07. The molecular weight excluding hydrogens is 292 g/mol. The Labute approximate surface area is 125 Å². The third kappa shape index (κ3) is 3.03. The van der Waals surface area contributed by atoms with Crippen molar-refractivity contribution in [2.24, 2.45) is 0 Å². The Balaban J connectivity index is 1.84. The third-order valence-electron chi connectivity index (χ3n) is 2.98. The summed E-state index contributed by atoms with van der Waals surface area (Å²) in [7, 11) is 0. The van der Waals surface area contributed by atoms with Crippen molar-refractivity contribution in [2.75, 3.05) is 0 Å². The molecule has 0 amide bonds. The second kappa shape index (κ2) is 5.54. The highest BCUT2D eigenvalue weighted by molar-refractivity contribution is 6.29. The van der Waals surface area contributed by atoms with Crippen LogP contribution in [0.1, 0.15) is 11.3 Å². The number of fused-ring (bicyclic) bond motifs is 1. The summed E-state index contributed by atoms with van der Waals surface area (Å²) in [5.74, 6) is 0.591. The maximum Gasteiger partial charge on any atom is 0.336 e. The number of ether oxygens (including phenoxy) is 1. The van der Waals surface area contributed by atoms with Crippen LogP contribution in [0.2, 0.25) is 5.15 Å². The molecule has 106 valence electrons. The Bertz CT molecular complexity index is 844. The van der Waals surface area contributed by atoms with Crippen LogP contribution in [-0.4, -0.2) is 9.97 Å². The maximum absolute atomic E-state index is 11.4. The monoisotopic (exact) mass is 302 g/mol. The van der Waals surface area contributed by atoms with Gasteiger partial charge in [-0.15, -0.1) is 0 Å². The van der Waals surface area contributed by atoms with Crippen molar-refractivity contribution in [3.05, 3.63) is 63.5 Å². The van der Waals surface area contributed by atoms with E-state index in [1.807, 2.05) is 19.1 Å². The second-order valence-corrected chi connectivity index (χ2v) is 4.91. The molecule has 0 aliphatic carbocycles. The summed E-state index contributed by atoms with van der Waals surface area (Å²) in [4.78, 5) is 19.4. The molecule has 3 rings (SSSR count). The van der Waals surface area contributed by atoms with Gasteiger partial charge in [0.15, 0.2) is 0 Å². The van der Waals surface area contributed by atoms with E-state index in [0.717, 1.165) is 10.9 Å². The molecule has 5 nitrogen and oxygen atoms in total. The number of nitrogens with zero attached hydrogens (tertiary/aromatic N) is 2. The highest BCUT2D eigenvalue weighted by atomic mass is 35.5. The van der Waals surface area contributed by atoms with Gasteiger partial charge >= 0.3 is 5.63 Å². The predicted molar refractivity (Wildman–Crippen MR) is 78.6 cm³/mol. The van der Waals surface area contributed by atoms with E-state index in [4.69, 9.17) is 20.8 Å². The molecule has 21 heavy (non-hydrogen) atoms. The summed E-state index contributed by atoms with van der Waals surface area (Å²) in [6.45, 7) is 2.12. The minimum absolute atomic E-state index is 0.256. The van der Waals surface area contributed by atoms with Gasteiger partial charge in [0.2, 0.25) is 0 Å². The molecule has 1 aromatic carbocycles. The van der Waals surface area contributed by atoms with Gasteiger partial charge in [-0.2, -0.15) is 0 Å². The molecule has 2 aromatic heterocycles. The molecule has 0 saturated carbocycles. The lowest BCUT2D eigenvalue weighted by Crippen LogP contribution is -2.00. The number of rotatable bonds is 3. The van der Waals surface area contributed by atoms with Crippen molar-refractivity contribution in [1.29, 1.82) is 0 Å². The number of halogens is 1. The predicted octanol–water partition coefficient (Wildman–Crippen LogP) is 3.12. The quantitative estimate of drug-likeness (QED) is 0.695. The van der Waals surface area contributed by atoms with Crippen molar-refractivity contribution in [2.45, 2.75) is 13.5 Å². The topological polar surface area (TPSA) is 65.2 Å². The summed E-state index contributed by atoms with van der Waals surface area (Å²) in [6.07, 6.45) is 3.01. The highest BCUT2D eigenvalue weighted by Crippen LogP contribution is 2.22. The number of hydrogen-bond acceptors (Lipinski definition) is 5. The van der Waals surface area contributed by atoms with Crippen LogP contribution in [0.4, 0.5) is 0 Å². The molecule has 0 bridgehead atoms. The highest BCUT2D eigenvalue weighted by Gasteiger charge is 2.05. The number of hydrogen-bond donors (Lipinski definition) is 0. The van der Waals surface area contributed by atoms with Gasteiger partial charge < -0.3 is 9.15 Å². The Kier molecular flexibility index (Phi) is 3.58. The molecule has 0 fully saturated rings. The summed E-state index contributed by atoms with van der Waals surface area (Å²) in [6, 6.07) is 6.83. The first kappa shape index (κ1) is 13.6. The van der Waals surface area contributed by atoms with E-state index in [1.54, 1.807) is 12.3 Å². The molecule has 0 N–H and O–H groups in total. The zero-order chi connectivity index (χ0) is 14.8. The average molecular weight is 303 g/mol. The molecule has 0 radical (unpaired) electrons. The van der Waals surface area contributed by atoms with Crippen LogP contribution in [0, 0.1) is 6.92 Å². The van der Waals surface area contributed by atoms with E-state index in [0.29, 0.717) is 22.2 Å². The third-order valence-corrected chi connectivity index (χ3v) is 3.18. The zero-order valence-electron chi connectivity index (χ0n) is 11.2. The van der Waals surface area contributed by atoms with Crippen molar-refractivity contribution in [3.8, 4) is 5.75 Å². The van der Waals surface area contributed by atoms with Gasteiger partial charge in [0.25, 0.3) is 0 Å². The Morgan fingerprint density at radius 2 is 2.10 bits per heavy atom. The van der Waals surface area contributed by atoms with E-state index in [9.17, 15) is 4.79 Å². The maximum atomic E-state index is 11.4. The lowest BCUT2D eigenvalue weighted by atomic mass is 10.1. The van der Waals surface area contributed by atoms with Gasteiger partial charge in [-0.05, 0) is 24.6 Å². The Morgan fingerprint density at radius 1 is 1.24 bits per heavy atom. The fraction of sp³-hybridized carbons (Fsp3) is 0.133. The van der Waals surface area contributed by atoms with Gasteiger partial charge in [0, 0.05) is 17.5 Å². The zero-order valence-corrected chi connectivity index (χ0v) is 11.9. The second-order valence-electron chi connectivity index (χ2n) is 4.53. The van der Waals surface area contributed by atoms with E-state index in [2.05, 4.69) is 9.97 Å². The van der Waals surface area contributed by atoms with Crippen LogP contribution in [0.3, 0.4) is 0 Å². The van der Waals surface area contributed by atoms with Crippen LogP contribution < -0.4 is 10.4 Å². The number of aryl methyl sites for hydroxylation is 1. The summed E-state index contributed by atoms with van der Waals surface area (Å²) in [5, 5.41) is 1.22. The SMILES string of the molecule is Cc1cc(=O)oc2cc(OCc3cnc(Cl)cn3)ccc12. The number of aromatic nitrogens is 2. The molecule has 0 unspecified atom stereocenters. The normalized spacial score (nSPS) is 10.8. The van der Waals surface area contributed by atoms with Crippen LogP contribution in [-0.2, 0) is 6.61 Å². The number of benzene rings is 1. The average Bonchev–Trinajstić information content (AvgIpc) is 2.46. The Hall–Kier alpha value is -2.40. The summed E-state index contributed by atoms with van der Waals surface area (Å²) in [5.41, 5.74) is 1.65. The van der Waals surface area contributed by atoms with Crippen LogP contribution in [0.5, 0.6) is 5.75 Å². The standard InChI is InChI=1S/C15H11ClN2O3/c1-9-4-15(19)21-13-5-11(2-3-12(9)13)20-8-10-6-18-14(16)7-17-10/h2-7H,8H2,1H3. The fourth-order valence-electron chi connectivity index (χ4n) is 1.97. The van der Waals surface area contributed by atoms with E-state index >= 15 is 0 Å². The van der Waals surface area contributed by atoms with Crippen molar-refractivity contribution < 1.29 is 9.15 Å². The van der Waals surface area contributed by atoms with Crippen LogP contribution in [0.25, 0.3) is 11.0 Å². The van der Waals surface area contributed by atoms with Gasteiger partial charge in [-0.3, -0.25) is 4.98 Å².